The third-order valence-corrected chi connectivity index (χ3v) is 5.19. The maximum Gasteiger partial charge on any atom is 0.310 e. The van der Waals surface area contributed by atoms with E-state index in [1.165, 1.54) is 25.7 Å². The molecule has 2 saturated carbocycles. The van der Waals surface area contributed by atoms with Gasteiger partial charge in [-0.2, -0.15) is 5.10 Å². The molecular weight excluding hydrogens is 252 g/mol. The molecule has 2 fully saturated rings. The molecule has 0 spiro atoms. The molecule has 0 aromatic carbocycles. The minimum atomic E-state index is -0.641. The Morgan fingerprint density at radius 3 is 2.80 bits per heavy atom. The zero-order valence-corrected chi connectivity index (χ0v) is 12.2. The van der Waals surface area contributed by atoms with Crippen molar-refractivity contribution in [1.29, 1.82) is 0 Å². The van der Waals surface area contributed by atoms with Crippen molar-refractivity contribution in [3.8, 4) is 0 Å². The lowest BCUT2D eigenvalue weighted by molar-refractivity contribution is -0.148. The van der Waals surface area contributed by atoms with Crippen LogP contribution in [0.5, 0.6) is 0 Å². The van der Waals surface area contributed by atoms with Crippen LogP contribution in [0.3, 0.4) is 0 Å². The molecule has 1 heterocycles. The lowest BCUT2D eigenvalue weighted by Crippen LogP contribution is -2.31. The number of aromatic nitrogens is 2. The van der Waals surface area contributed by atoms with Crippen LogP contribution < -0.4 is 0 Å². The van der Waals surface area contributed by atoms with Gasteiger partial charge in [0.1, 0.15) is 0 Å². The van der Waals surface area contributed by atoms with Crippen LogP contribution in [0.15, 0.2) is 12.3 Å². The van der Waals surface area contributed by atoms with Crippen LogP contribution >= 0.6 is 0 Å². The molecule has 20 heavy (non-hydrogen) atoms. The molecule has 2 atom stereocenters. The van der Waals surface area contributed by atoms with Crippen LogP contribution in [-0.2, 0) is 11.2 Å². The zero-order valence-electron chi connectivity index (χ0n) is 12.2. The van der Waals surface area contributed by atoms with Crippen molar-refractivity contribution in [2.45, 2.75) is 64.3 Å². The van der Waals surface area contributed by atoms with Gasteiger partial charge in [-0.05, 0) is 44.1 Å². The highest BCUT2D eigenvalue weighted by Gasteiger charge is 2.44. The average Bonchev–Trinajstić information content (AvgIpc) is 3.10. The van der Waals surface area contributed by atoms with Gasteiger partial charge in [-0.25, -0.2) is 0 Å². The Hall–Kier alpha value is -1.32. The minimum Gasteiger partial charge on any atom is -0.481 e. The SMILES string of the molecule is CC1CCC(Cc2ccn(C3CCCC3)n2)(C(=O)O)C1. The van der Waals surface area contributed by atoms with E-state index in [0.717, 1.165) is 25.0 Å². The summed E-state index contributed by atoms with van der Waals surface area (Å²) in [5.74, 6) is -0.125. The Morgan fingerprint density at radius 1 is 1.45 bits per heavy atom. The van der Waals surface area contributed by atoms with E-state index in [9.17, 15) is 9.90 Å². The Kier molecular flexibility index (Phi) is 3.57. The summed E-state index contributed by atoms with van der Waals surface area (Å²) in [5, 5.41) is 14.3. The number of carboxylic acid groups (broad SMARTS) is 1. The molecule has 110 valence electrons. The maximum absolute atomic E-state index is 11.7. The van der Waals surface area contributed by atoms with E-state index in [1.54, 1.807) is 0 Å². The summed E-state index contributed by atoms with van der Waals surface area (Å²) >= 11 is 0. The molecule has 0 amide bonds. The van der Waals surface area contributed by atoms with Gasteiger partial charge in [0.2, 0.25) is 0 Å². The first-order chi connectivity index (χ1) is 9.59. The first-order valence-corrected chi connectivity index (χ1v) is 7.86. The molecule has 4 heteroatoms. The predicted octanol–water partition coefficient (Wildman–Crippen LogP) is 3.43. The highest BCUT2D eigenvalue weighted by Crippen LogP contribution is 2.44. The number of carboxylic acids is 1. The number of nitrogens with zero attached hydrogens (tertiary/aromatic N) is 2. The first kappa shape index (κ1) is 13.7. The normalized spacial score (nSPS) is 30.9. The Morgan fingerprint density at radius 2 is 2.20 bits per heavy atom. The Balaban J connectivity index is 1.74. The van der Waals surface area contributed by atoms with E-state index in [1.807, 2.05) is 12.3 Å². The van der Waals surface area contributed by atoms with Crippen LogP contribution in [0.1, 0.15) is 63.6 Å². The van der Waals surface area contributed by atoms with Crippen molar-refractivity contribution >= 4 is 5.97 Å². The standard InChI is InChI=1S/C16H24N2O2/c1-12-6-8-16(10-12,15(19)20)11-13-7-9-18(17-13)14-4-2-3-5-14/h7,9,12,14H,2-6,8,10-11H2,1H3,(H,19,20). The van der Waals surface area contributed by atoms with E-state index in [-0.39, 0.29) is 0 Å². The molecule has 0 aliphatic heterocycles. The smallest absolute Gasteiger partial charge is 0.310 e. The number of rotatable bonds is 4. The van der Waals surface area contributed by atoms with E-state index >= 15 is 0 Å². The second-order valence-corrected chi connectivity index (χ2v) is 6.84. The fourth-order valence-corrected chi connectivity index (χ4v) is 4.01. The van der Waals surface area contributed by atoms with Crippen LogP contribution in [0.25, 0.3) is 0 Å². The molecule has 3 rings (SSSR count). The lowest BCUT2D eigenvalue weighted by Gasteiger charge is -2.23. The lowest BCUT2D eigenvalue weighted by atomic mass is 9.81. The van der Waals surface area contributed by atoms with Gasteiger partial charge in [0.15, 0.2) is 0 Å². The highest BCUT2D eigenvalue weighted by atomic mass is 16.4. The molecule has 1 aromatic heterocycles. The van der Waals surface area contributed by atoms with Gasteiger partial charge in [-0.1, -0.05) is 19.8 Å². The van der Waals surface area contributed by atoms with Crippen molar-refractivity contribution in [3.05, 3.63) is 18.0 Å². The molecule has 4 nitrogen and oxygen atoms in total. The largest absolute Gasteiger partial charge is 0.481 e. The van der Waals surface area contributed by atoms with Crippen LogP contribution in [0, 0.1) is 11.3 Å². The molecule has 1 N–H and O–H groups in total. The molecule has 1 aromatic rings. The van der Waals surface area contributed by atoms with Crippen LogP contribution in [0.4, 0.5) is 0 Å². The number of hydrogen-bond donors (Lipinski definition) is 1. The van der Waals surface area contributed by atoms with Crippen LogP contribution in [0.2, 0.25) is 0 Å². The van der Waals surface area contributed by atoms with E-state index in [2.05, 4.69) is 16.7 Å². The fourth-order valence-electron chi connectivity index (χ4n) is 4.01. The zero-order chi connectivity index (χ0) is 14.2. The van der Waals surface area contributed by atoms with E-state index in [4.69, 9.17) is 0 Å². The number of hydrogen-bond acceptors (Lipinski definition) is 2. The minimum absolute atomic E-state index is 0.517. The summed E-state index contributed by atoms with van der Waals surface area (Å²) in [6, 6.07) is 2.55. The van der Waals surface area contributed by atoms with E-state index in [0.29, 0.717) is 18.4 Å². The monoisotopic (exact) mass is 276 g/mol. The third-order valence-electron chi connectivity index (χ3n) is 5.19. The quantitative estimate of drug-likeness (QED) is 0.916. The summed E-state index contributed by atoms with van der Waals surface area (Å²) in [5.41, 5.74) is 0.377. The Labute approximate surface area is 120 Å². The van der Waals surface area contributed by atoms with Gasteiger partial charge in [0.05, 0.1) is 17.2 Å². The van der Waals surface area contributed by atoms with Crippen LogP contribution in [-0.4, -0.2) is 20.9 Å². The summed E-state index contributed by atoms with van der Waals surface area (Å²) in [7, 11) is 0. The van der Waals surface area contributed by atoms with Gasteiger partial charge >= 0.3 is 5.97 Å². The number of aliphatic carboxylic acids is 1. The van der Waals surface area contributed by atoms with Crippen molar-refractivity contribution in [2.24, 2.45) is 11.3 Å². The third kappa shape index (κ3) is 2.48. The van der Waals surface area contributed by atoms with Crippen molar-refractivity contribution in [2.75, 3.05) is 0 Å². The fraction of sp³-hybridized carbons (Fsp3) is 0.750. The average molecular weight is 276 g/mol. The molecule has 0 bridgehead atoms. The topological polar surface area (TPSA) is 55.1 Å². The van der Waals surface area contributed by atoms with Gasteiger partial charge in [-0.15, -0.1) is 0 Å². The van der Waals surface area contributed by atoms with Crippen molar-refractivity contribution in [1.82, 2.24) is 9.78 Å². The van der Waals surface area contributed by atoms with Crippen molar-refractivity contribution < 1.29 is 9.90 Å². The molecule has 2 aliphatic carbocycles. The second kappa shape index (κ2) is 5.23. The van der Waals surface area contributed by atoms with Gasteiger partial charge in [0.25, 0.3) is 0 Å². The van der Waals surface area contributed by atoms with E-state index < -0.39 is 11.4 Å². The predicted molar refractivity (Wildman–Crippen MR) is 76.5 cm³/mol. The van der Waals surface area contributed by atoms with Crippen molar-refractivity contribution in [3.63, 3.8) is 0 Å². The number of carbonyl (C=O) groups is 1. The summed E-state index contributed by atoms with van der Waals surface area (Å²) in [4.78, 5) is 11.7. The molecule has 2 unspecified atom stereocenters. The summed E-state index contributed by atoms with van der Waals surface area (Å²) in [6.07, 6.45) is 10.2. The highest BCUT2D eigenvalue weighted by molar-refractivity contribution is 5.75. The Bertz CT molecular complexity index is 490. The maximum atomic E-state index is 11.7. The molecule has 0 saturated heterocycles. The van der Waals surface area contributed by atoms with Gasteiger partial charge in [-0.3, -0.25) is 9.48 Å². The van der Waals surface area contributed by atoms with Gasteiger partial charge in [0, 0.05) is 12.6 Å². The summed E-state index contributed by atoms with van der Waals surface area (Å²) in [6.45, 7) is 2.15. The molecule has 0 radical (unpaired) electrons. The second-order valence-electron chi connectivity index (χ2n) is 6.84. The summed E-state index contributed by atoms with van der Waals surface area (Å²) < 4.78 is 2.07. The first-order valence-electron chi connectivity index (χ1n) is 7.86. The van der Waals surface area contributed by atoms with Gasteiger partial charge < -0.3 is 5.11 Å². The molecular formula is C16H24N2O2. The molecule has 2 aliphatic rings.